The molecule has 0 aliphatic carbocycles. The molecule has 1 amide bonds. The standard InChI is InChI=1S/C7H15N3O/c1-6(11)8-7(9(2)3)10(4)5/h1-5H3. The first-order valence-electron chi connectivity index (χ1n) is 3.39. The Labute approximate surface area is 67.5 Å². The number of carbonyl (C=O) groups excluding carboxylic acids is 1. The zero-order chi connectivity index (χ0) is 9.02. The van der Waals surface area contributed by atoms with E-state index >= 15 is 0 Å². The van der Waals surface area contributed by atoms with Gasteiger partial charge in [0.05, 0.1) is 0 Å². The number of nitrogens with zero attached hydrogens (tertiary/aromatic N) is 3. The molecule has 11 heavy (non-hydrogen) atoms. The average Bonchev–Trinajstić information content (AvgIpc) is 1.81. The zero-order valence-corrected chi connectivity index (χ0v) is 7.75. The maximum absolute atomic E-state index is 10.6. The predicted octanol–water partition coefficient (Wildman–Crippen LogP) is 0.0121. The molecule has 0 N–H and O–H groups in total. The third-order valence-electron chi connectivity index (χ3n) is 1.06. The minimum absolute atomic E-state index is 0.178. The van der Waals surface area contributed by atoms with E-state index in [9.17, 15) is 4.79 Å². The van der Waals surface area contributed by atoms with E-state index in [-0.39, 0.29) is 5.91 Å². The van der Waals surface area contributed by atoms with Crippen LogP contribution in [0.1, 0.15) is 6.92 Å². The first kappa shape index (κ1) is 9.94. The van der Waals surface area contributed by atoms with Crippen molar-refractivity contribution in [1.29, 1.82) is 0 Å². The summed E-state index contributed by atoms with van der Waals surface area (Å²) in [6.45, 7) is 1.44. The SMILES string of the molecule is CC(=O)N=C(N(C)C)N(C)C. The van der Waals surface area contributed by atoms with Gasteiger partial charge in [0.1, 0.15) is 0 Å². The lowest BCUT2D eigenvalue weighted by molar-refractivity contribution is -0.115. The minimum atomic E-state index is -0.178. The number of guanidine groups is 1. The van der Waals surface area contributed by atoms with Crippen LogP contribution in [0.5, 0.6) is 0 Å². The molecule has 0 spiro atoms. The van der Waals surface area contributed by atoms with Gasteiger partial charge in [0.15, 0.2) is 0 Å². The minimum Gasteiger partial charge on any atom is -0.349 e. The molecular weight excluding hydrogens is 142 g/mol. The van der Waals surface area contributed by atoms with Crippen LogP contribution < -0.4 is 0 Å². The molecule has 0 unspecified atom stereocenters. The van der Waals surface area contributed by atoms with Gasteiger partial charge in [0, 0.05) is 35.1 Å². The third kappa shape index (κ3) is 3.60. The number of hydrogen-bond acceptors (Lipinski definition) is 1. The van der Waals surface area contributed by atoms with Crippen LogP contribution in [0, 0.1) is 0 Å². The van der Waals surface area contributed by atoms with E-state index in [1.807, 2.05) is 28.2 Å². The van der Waals surface area contributed by atoms with Gasteiger partial charge in [-0.25, -0.2) is 0 Å². The second-order valence-electron chi connectivity index (χ2n) is 2.72. The van der Waals surface area contributed by atoms with Gasteiger partial charge in [-0.3, -0.25) is 4.79 Å². The highest BCUT2D eigenvalue weighted by atomic mass is 16.1. The Kier molecular flexibility index (Phi) is 3.57. The van der Waals surface area contributed by atoms with Crippen LogP contribution in [0.2, 0.25) is 0 Å². The van der Waals surface area contributed by atoms with E-state index in [1.165, 1.54) is 6.92 Å². The summed E-state index contributed by atoms with van der Waals surface area (Å²) in [4.78, 5) is 18.0. The lowest BCUT2D eigenvalue weighted by Crippen LogP contribution is -2.35. The van der Waals surface area contributed by atoms with Crippen LogP contribution in [0.25, 0.3) is 0 Å². The summed E-state index contributed by atoms with van der Waals surface area (Å²) < 4.78 is 0. The molecule has 0 heterocycles. The predicted molar refractivity (Wildman–Crippen MR) is 45.5 cm³/mol. The van der Waals surface area contributed by atoms with Crippen LogP contribution >= 0.6 is 0 Å². The molecule has 0 aliphatic rings. The number of hydrogen-bond donors (Lipinski definition) is 0. The van der Waals surface area contributed by atoms with Gasteiger partial charge in [-0.1, -0.05) is 0 Å². The Balaban J connectivity index is 4.46. The van der Waals surface area contributed by atoms with Crippen molar-refractivity contribution in [1.82, 2.24) is 9.80 Å². The summed E-state index contributed by atoms with van der Waals surface area (Å²) in [5.41, 5.74) is 0. The monoisotopic (exact) mass is 157 g/mol. The molecule has 4 nitrogen and oxygen atoms in total. The van der Waals surface area contributed by atoms with Crippen molar-refractivity contribution in [2.24, 2.45) is 4.99 Å². The Morgan fingerprint density at radius 3 is 1.55 bits per heavy atom. The highest BCUT2D eigenvalue weighted by Gasteiger charge is 2.04. The molecule has 0 saturated heterocycles. The molecule has 0 rings (SSSR count). The van der Waals surface area contributed by atoms with Crippen LogP contribution in [0.3, 0.4) is 0 Å². The normalized spacial score (nSPS) is 8.82. The quantitative estimate of drug-likeness (QED) is 0.367. The Morgan fingerprint density at radius 1 is 1.09 bits per heavy atom. The van der Waals surface area contributed by atoms with Gasteiger partial charge in [0.25, 0.3) is 0 Å². The highest BCUT2D eigenvalue weighted by molar-refractivity contribution is 5.91. The van der Waals surface area contributed by atoms with Crippen LogP contribution in [-0.2, 0) is 4.79 Å². The largest absolute Gasteiger partial charge is 0.349 e. The Hall–Kier alpha value is -1.06. The highest BCUT2D eigenvalue weighted by Crippen LogP contribution is 1.88. The average molecular weight is 157 g/mol. The number of amides is 1. The molecular formula is C7H15N3O. The van der Waals surface area contributed by atoms with Crippen molar-refractivity contribution in [2.45, 2.75) is 6.92 Å². The smallest absolute Gasteiger partial charge is 0.245 e. The lowest BCUT2D eigenvalue weighted by Gasteiger charge is -2.21. The summed E-state index contributed by atoms with van der Waals surface area (Å²) in [6.07, 6.45) is 0. The van der Waals surface area contributed by atoms with Gasteiger partial charge in [-0.05, 0) is 0 Å². The second kappa shape index (κ2) is 3.95. The van der Waals surface area contributed by atoms with E-state index < -0.39 is 0 Å². The number of rotatable bonds is 0. The second-order valence-corrected chi connectivity index (χ2v) is 2.72. The first-order valence-corrected chi connectivity index (χ1v) is 3.39. The molecule has 0 aromatic heterocycles. The van der Waals surface area contributed by atoms with Crippen molar-refractivity contribution in [3.63, 3.8) is 0 Å². The zero-order valence-electron chi connectivity index (χ0n) is 7.75. The van der Waals surface area contributed by atoms with E-state index in [0.29, 0.717) is 5.96 Å². The molecule has 0 fully saturated rings. The first-order chi connectivity index (χ1) is 4.95. The molecule has 64 valence electrons. The van der Waals surface area contributed by atoms with Crippen molar-refractivity contribution in [2.75, 3.05) is 28.2 Å². The van der Waals surface area contributed by atoms with Gasteiger partial charge >= 0.3 is 0 Å². The fourth-order valence-corrected chi connectivity index (χ4v) is 0.741. The van der Waals surface area contributed by atoms with Gasteiger partial charge in [-0.15, -0.1) is 0 Å². The molecule has 0 aromatic rings. The Morgan fingerprint density at radius 2 is 1.45 bits per heavy atom. The summed E-state index contributed by atoms with van der Waals surface area (Å²) >= 11 is 0. The summed E-state index contributed by atoms with van der Waals surface area (Å²) in [7, 11) is 7.40. The van der Waals surface area contributed by atoms with Crippen LogP contribution in [0.4, 0.5) is 0 Å². The maximum atomic E-state index is 10.6. The topological polar surface area (TPSA) is 35.9 Å². The molecule has 0 radical (unpaired) electrons. The van der Waals surface area contributed by atoms with Crippen LogP contribution in [-0.4, -0.2) is 49.9 Å². The lowest BCUT2D eigenvalue weighted by atomic mass is 10.6. The van der Waals surface area contributed by atoms with E-state index in [4.69, 9.17) is 0 Å². The van der Waals surface area contributed by atoms with Gasteiger partial charge in [-0.2, -0.15) is 4.99 Å². The summed E-state index contributed by atoms with van der Waals surface area (Å²) in [5, 5.41) is 0. The molecule has 0 saturated carbocycles. The maximum Gasteiger partial charge on any atom is 0.245 e. The van der Waals surface area contributed by atoms with Crippen molar-refractivity contribution >= 4 is 11.9 Å². The van der Waals surface area contributed by atoms with Crippen molar-refractivity contribution in [3.05, 3.63) is 0 Å². The van der Waals surface area contributed by atoms with Crippen LogP contribution in [0.15, 0.2) is 4.99 Å². The van der Waals surface area contributed by atoms with Gasteiger partial charge in [0.2, 0.25) is 11.9 Å². The van der Waals surface area contributed by atoms with E-state index in [2.05, 4.69) is 4.99 Å². The van der Waals surface area contributed by atoms with E-state index in [1.54, 1.807) is 9.80 Å². The summed E-state index contributed by atoms with van der Waals surface area (Å²) in [5.74, 6) is 0.486. The molecule has 0 aliphatic heterocycles. The fourth-order valence-electron chi connectivity index (χ4n) is 0.741. The van der Waals surface area contributed by atoms with Crippen molar-refractivity contribution in [3.8, 4) is 0 Å². The van der Waals surface area contributed by atoms with Crippen molar-refractivity contribution < 1.29 is 4.79 Å². The summed E-state index contributed by atoms with van der Waals surface area (Å²) in [6, 6.07) is 0. The molecule has 4 heteroatoms. The molecule has 0 aromatic carbocycles. The van der Waals surface area contributed by atoms with Gasteiger partial charge < -0.3 is 9.80 Å². The third-order valence-corrected chi connectivity index (χ3v) is 1.06. The molecule has 0 atom stereocenters. The number of carbonyl (C=O) groups is 1. The molecule has 0 bridgehead atoms. The number of aliphatic imine (C=N–C) groups is 1. The Bertz CT molecular complexity index is 163. The van der Waals surface area contributed by atoms with E-state index in [0.717, 1.165) is 0 Å². The fraction of sp³-hybridized carbons (Fsp3) is 0.714.